The summed E-state index contributed by atoms with van der Waals surface area (Å²) in [6.45, 7) is 0.774. The van der Waals surface area contributed by atoms with Gasteiger partial charge in [-0.3, -0.25) is 9.59 Å². The zero-order valence-corrected chi connectivity index (χ0v) is 16.8. The lowest BCUT2D eigenvalue weighted by molar-refractivity contribution is -0.132. The van der Waals surface area contributed by atoms with Crippen LogP contribution in [0.2, 0.25) is 10.0 Å². The van der Waals surface area contributed by atoms with Crippen LogP contribution in [0.15, 0.2) is 18.2 Å². The molecule has 1 N–H and O–H groups in total. The normalized spacial score (nSPS) is 15.7. The molecule has 0 radical (unpaired) electrons. The molecular formula is C17H22Cl2N2O4S. The number of nitrogens with one attached hydrogen (secondary N) is 1. The first-order valence-electron chi connectivity index (χ1n) is 8.37. The van der Waals surface area contributed by atoms with E-state index in [4.69, 9.17) is 23.2 Å². The number of carbonyl (C=O) groups is 2. The molecule has 144 valence electrons. The second-order valence-corrected chi connectivity index (χ2v) is 9.40. The Balaban J connectivity index is 1.84. The van der Waals surface area contributed by atoms with Crippen molar-refractivity contribution in [2.24, 2.45) is 0 Å². The largest absolute Gasteiger partial charge is 0.358 e. The van der Waals surface area contributed by atoms with Crippen molar-refractivity contribution in [3.63, 3.8) is 0 Å². The Hall–Kier alpha value is -1.31. The van der Waals surface area contributed by atoms with Crippen LogP contribution < -0.4 is 5.32 Å². The molecule has 0 atom stereocenters. The maximum Gasteiger partial charge on any atom is 0.234 e. The Bertz CT molecular complexity index is 775. The Kier molecular flexibility index (Phi) is 7.32. The molecule has 1 aliphatic rings. The summed E-state index contributed by atoms with van der Waals surface area (Å²) < 4.78 is 24.4. The Morgan fingerprint density at radius 1 is 1.19 bits per heavy atom. The maximum atomic E-state index is 12.4. The molecule has 1 aliphatic heterocycles. The minimum Gasteiger partial charge on any atom is -0.358 e. The van der Waals surface area contributed by atoms with Gasteiger partial charge < -0.3 is 10.2 Å². The van der Waals surface area contributed by atoms with E-state index in [9.17, 15) is 18.0 Å². The van der Waals surface area contributed by atoms with Crippen molar-refractivity contribution in [1.82, 2.24) is 10.2 Å². The van der Waals surface area contributed by atoms with E-state index < -0.39 is 26.7 Å². The highest BCUT2D eigenvalue weighted by atomic mass is 35.5. The van der Waals surface area contributed by atoms with Crippen LogP contribution in [0.4, 0.5) is 0 Å². The summed E-state index contributed by atoms with van der Waals surface area (Å²) in [7, 11) is -2.08. The highest BCUT2D eigenvalue weighted by molar-refractivity contribution is 7.92. The average molecular weight is 421 g/mol. The smallest absolute Gasteiger partial charge is 0.234 e. The van der Waals surface area contributed by atoms with Crippen molar-refractivity contribution < 1.29 is 18.0 Å². The minimum absolute atomic E-state index is 0.0155. The molecule has 2 rings (SSSR count). The summed E-state index contributed by atoms with van der Waals surface area (Å²) in [5.74, 6) is -1.03. The van der Waals surface area contributed by atoms with E-state index in [1.165, 1.54) is 7.05 Å². The maximum absolute atomic E-state index is 12.4. The second kappa shape index (κ2) is 9.06. The van der Waals surface area contributed by atoms with Gasteiger partial charge in [-0.2, -0.15) is 0 Å². The predicted octanol–water partition coefficient (Wildman–Crippen LogP) is 2.08. The molecular weight excluding hydrogens is 399 g/mol. The fraction of sp³-hybridized carbons (Fsp3) is 0.529. The summed E-state index contributed by atoms with van der Waals surface area (Å²) in [5, 5.41) is 2.69. The molecule has 1 aromatic carbocycles. The number of rotatable bonds is 6. The number of aryl methyl sites for hydroxylation is 1. The van der Waals surface area contributed by atoms with Crippen molar-refractivity contribution in [1.29, 1.82) is 0 Å². The second-order valence-electron chi connectivity index (χ2n) is 6.31. The van der Waals surface area contributed by atoms with Gasteiger partial charge in [-0.1, -0.05) is 29.3 Å². The van der Waals surface area contributed by atoms with Gasteiger partial charge in [0, 0.05) is 26.6 Å². The van der Waals surface area contributed by atoms with Gasteiger partial charge in [0.1, 0.15) is 5.75 Å². The lowest BCUT2D eigenvalue weighted by Gasteiger charge is -2.31. The molecule has 26 heavy (non-hydrogen) atoms. The predicted molar refractivity (Wildman–Crippen MR) is 102 cm³/mol. The number of sulfone groups is 1. The summed E-state index contributed by atoms with van der Waals surface area (Å²) in [6, 6.07) is 5.28. The number of hydrogen-bond donors (Lipinski definition) is 1. The van der Waals surface area contributed by atoms with Crippen LogP contribution >= 0.6 is 23.2 Å². The first kappa shape index (κ1) is 21.0. The fourth-order valence-corrected chi connectivity index (χ4v) is 4.94. The van der Waals surface area contributed by atoms with Crippen LogP contribution in [0, 0.1) is 0 Å². The molecule has 1 aromatic rings. The summed E-state index contributed by atoms with van der Waals surface area (Å²) in [4.78, 5) is 25.4. The molecule has 1 saturated heterocycles. The number of nitrogens with zero attached hydrogens (tertiary/aromatic N) is 1. The zero-order chi connectivity index (χ0) is 19.3. The zero-order valence-electron chi connectivity index (χ0n) is 14.5. The van der Waals surface area contributed by atoms with E-state index in [2.05, 4.69) is 5.32 Å². The van der Waals surface area contributed by atoms with Crippen molar-refractivity contribution in [3.05, 3.63) is 33.8 Å². The van der Waals surface area contributed by atoms with Crippen molar-refractivity contribution in [2.75, 3.05) is 25.9 Å². The van der Waals surface area contributed by atoms with Crippen LogP contribution in [0.3, 0.4) is 0 Å². The average Bonchev–Trinajstić information content (AvgIpc) is 2.62. The molecule has 1 fully saturated rings. The monoisotopic (exact) mass is 420 g/mol. The van der Waals surface area contributed by atoms with Crippen LogP contribution in [0.5, 0.6) is 0 Å². The third-order valence-electron chi connectivity index (χ3n) is 4.53. The topological polar surface area (TPSA) is 83.6 Å². The molecule has 0 aliphatic carbocycles. The highest BCUT2D eigenvalue weighted by Crippen LogP contribution is 2.24. The van der Waals surface area contributed by atoms with Crippen LogP contribution in [0.25, 0.3) is 0 Å². The van der Waals surface area contributed by atoms with E-state index in [0.29, 0.717) is 48.8 Å². The van der Waals surface area contributed by atoms with Crippen molar-refractivity contribution in [3.8, 4) is 0 Å². The third-order valence-corrected chi connectivity index (χ3v) is 7.42. The first-order chi connectivity index (χ1) is 12.2. The number of benzene rings is 1. The molecule has 0 spiro atoms. The molecule has 0 aromatic heterocycles. The number of hydrogen-bond acceptors (Lipinski definition) is 4. The quantitative estimate of drug-likeness (QED) is 0.763. The van der Waals surface area contributed by atoms with E-state index >= 15 is 0 Å². The van der Waals surface area contributed by atoms with Gasteiger partial charge in [-0.05, 0) is 37.0 Å². The minimum atomic E-state index is -3.49. The highest BCUT2D eigenvalue weighted by Gasteiger charge is 2.32. The van der Waals surface area contributed by atoms with Gasteiger partial charge in [0.15, 0.2) is 9.84 Å². The van der Waals surface area contributed by atoms with Gasteiger partial charge >= 0.3 is 0 Å². The van der Waals surface area contributed by atoms with Crippen LogP contribution in [0.1, 0.15) is 24.8 Å². The van der Waals surface area contributed by atoms with Crippen LogP contribution in [-0.2, 0) is 25.8 Å². The number of likely N-dealkylation sites (tertiary alicyclic amines) is 1. The van der Waals surface area contributed by atoms with Gasteiger partial charge in [-0.15, -0.1) is 0 Å². The number of amides is 2. The summed E-state index contributed by atoms with van der Waals surface area (Å²) >= 11 is 11.8. The molecule has 9 heteroatoms. The van der Waals surface area contributed by atoms with Crippen LogP contribution in [-0.4, -0.2) is 56.3 Å². The van der Waals surface area contributed by atoms with Gasteiger partial charge in [0.2, 0.25) is 11.8 Å². The Morgan fingerprint density at radius 2 is 1.85 bits per heavy atom. The third kappa shape index (κ3) is 5.59. The van der Waals surface area contributed by atoms with Gasteiger partial charge in [0.05, 0.1) is 15.3 Å². The fourth-order valence-electron chi connectivity index (χ4n) is 2.94. The lowest BCUT2D eigenvalue weighted by atomic mass is 10.1. The molecule has 2 amide bonds. The van der Waals surface area contributed by atoms with E-state index in [0.717, 1.165) is 5.56 Å². The first-order valence-corrected chi connectivity index (χ1v) is 10.8. The van der Waals surface area contributed by atoms with Gasteiger partial charge in [-0.25, -0.2) is 8.42 Å². The van der Waals surface area contributed by atoms with Gasteiger partial charge in [0.25, 0.3) is 0 Å². The number of carbonyl (C=O) groups excluding carboxylic acids is 2. The van der Waals surface area contributed by atoms with E-state index in [1.54, 1.807) is 17.0 Å². The molecule has 1 heterocycles. The van der Waals surface area contributed by atoms with Crippen molar-refractivity contribution >= 4 is 44.9 Å². The SMILES string of the molecule is CNC(=O)CS(=O)(=O)C1CCN(C(=O)CCc2ccc(Cl)c(Cl)c2)CC1. The van der Waals surface area contributed by atoms with E-state index in [1.807, 2.05) is 6.07 Å². The Labute approximate surface area is 163 Å². The number of piperidine rings is 1. The summed E-state index contributed by atoms with van der Waals surface area (Å²) in [5.41, 5.74) is 0.927. The summed E-state index contributed by atoms with van der Waals surface area (Å²) in [6.07, 6.45) is 1.59. The molecule has 0 bridgehead atoms. The molecule has 6 nitrogen and oxygen atoms in total. The number of halogens is 2. The lowest BCUT2D eigenvalue weighted by Crippen LogP contribution is -2.44. The van der Waals surface area contributed by atoms with Crippen molar-refractivity contribution in [2.45, 2.75) is 30.9 Å². The standard InChI is InChI=1S/C17H22Cl2N2O4S/c1-20-16(22)11-26(24,25)13-6-8-21(9-7-13)17(23)5-3-12-2-4-14(18)15(19)10-12/h2,4,10,13H,3,5-9,11H2,1H3,(H,20,22). The van der Waals surface area contributed by atoms with E-state index in [-0.39, 0.29) is 5.91 Å². The molecule has 0 unspecified atom stereocenters. The Morgan fingerprint density at radius 3 is 2.42 bits per heavy atom. The molecule has 0 saturated carbocycles.